The quantitative estimate of drug-likeness (QED) is 0.867. The van der Waals surface area contributed by atoms with E-state index in [0.717, 1.165) is 24.1 Å². The van der Waals surface area contributed by atoms with Gasteiger partial charge in [0, 0.05) is 18.5 Å². The molecule has 2 fully saturated rings. The molecule has 3 heteroatoms. The highest BCUT2D eigenvalue weighted by molar-refractivity contribution is 5.17. The molecule has 3 atom stereocenters. The van der Waals surface area contributed by atoms with Crippen LogP contribution in [0.2, 0.25) is 0 Å². The predicted octanol–water partition coefficient (Wildman–Crippen LogP) is 3.61. The molecular weight excluding hydrogens is 260 g/mol. The largest absolute Gasteiger partial charge is 0.464 e. The summed E-state index contributed by atoms with van der Waals surface area (Å²) in [5.74, 6) is 4.65. The van der Waals surface area contributed by atoms with Crippen molar-refractivity contribution in [2.75, 3.05) is 19.6 Å². The lowest BCUT2D eigenvalue weighted by Crippen LogP contribution is -2.40. The van der Waals surface area contributed by atoms with Gasteiger partial charge in [-0.25, -0.2) is 0 Å². The van der Waals surface area contributed by atoms with Crippen LogP contribution >= 0.6 is 0 Å². The zero-order valence-electron chi connectivity index (χ0n) is 13.8. The molecule has 2 aliphatic rings. The molecule has 3 rings (SSSR count). The van der Waals surface area contributed by atoms with Crippen molar-refractivity contribution in [3.05, 3.63) is 23.7 Å². The Morgan fingerprint density at radius 2 is 2.19 bits per heavy atom. The summed E-state index contributed by atoms with van der Waals surface area (Å²) in [6.07, 6.45) is 3.98. The first-order valence-corrected chi connectivity index (χ1v) is 8.67. The smallest absolute Gasteiger partial charge is 0.118 e. The highest BCUT2D eigenvalue weighted by atomic mass is 16.3. The molecule has 0 aromatic carbocycles. The maximum Gasteiger partial charge on any atom is 0.118 e. The summed E-state index contributed by atoms with van der Waals surface area (Å²) < 4.78 is 6.09. The number of hydrogen-bond acceptors (Lipinski definition) is 3. The van der Waals surface area contributed by atoms with Crippen LogP contribution in [0.3, 0.4) is 0 Å². The summed E-state index contributed by atoms with van der Waals surface area (Å²) in [6, 6.07) is 4.96. The van der Waals surface area contributed by atoms with Crippen molar-refractivity contribution in [2.45, 2.75) is 58.5 Å². The van der Waals surface area contributed by atoms with E-state index in [9.17, 15) is 0 Å². The summed E-state index contributed by atoms with van der Waals surface area (Å²) in [5.41, 5.74) is 0. The van der Waals surface area contributed by atoms with Gasteiger partial charge in [-0.15, -0.1) is 0 Å². The Morgan fingerprint density at radius 3 is 2.81 bits per heavy atom. The Morgan fingerprint density at radius 1 is 1.38 bits per heavy atom. The first kappa shape index (κ1) is 15.1. The van der Waals surface area contributed by atoms with Crippen LogP contribution < -0.4 is 5.32 Å². The third kappa shape index (κ3) is 3.89. The third-order valence-electron chi connectivity index (χ3n) is 5.14. The van der Waals surface area contributed by atoms with Gasteiger partial charge in [-0.05, 0) is 70.2 Å². The molecule has 21 heavy (non-hydrogen) atoms. The van der Waals surface area contributed by atoms with E-state index in [1.807, 2.05) is 0 Å². The molecule has 1 saturated heterocycles. The van der Waals surface area contributed by atoms with Crippen molar-refractivity contribution >= 4 is 0 Å². The summed E-state index contributed by atoms with van der Waals surface area (Å²) in [6.45, 7) is 11.4. The summed E-state index contributed by atoms with van der Waals surface area (Å²) in [4.78, 5) is 2.57. The Bertz CT molecular complexity index is 448. The van der Waals surface area contributed by atoms with Gasteiger partial charge in [0.2, 0.25) is 0 Å². The molecule has 1 aliphatic carbocycles. The summed E-state index contributed by atoms with van der Waals surface area (Å²) >= 11 is 0. The van der Waals surface area contributed by atoms with Crippen LogP contribution in [0.5, 0.6) is 0 Å². The summed E-state index contributed by atoms with van der Waals surface area (Å²) in [5, 5.41) is 3.53. The number of rotatable bonds is 6. The molecule has 2 heterocycles. The van der Waals surface area contributed by atoms with Crippen molar-refractivity contribution < 1.29 is 4.42 Å². The predicted molar refractivity (Wildman–Crippen MR) is 86.4 cm³/mol. The van der Waals surface area contributed by atoms with E-state index in [1.165, 1.54) is 44.7 Å². The van der Waals surface area contributed by atoms with Crippen LogP contribution in [-0.4, -0.2) is 30.6 Å². The normalized spacial score (nSPS) is 29.3. The van der Waals surface area contributed by atoms with Crippen LogP contribution in [0, 0.1) is 11.8 Å². The maximum absolute atomic E-state index is 6.09. The van der Waals surface area contributed by atoms with E-state index in [-0.39, 0.29) is 0 Å². The van der Waals surface area contributed by atoms with Crippen molar-refractivity contribution in [1.29, 1.82) is 0 Å². The van der Waals surface area contributed by atoms with Crippen LogP contribution in [0.4, 0.5) is 0 Å². The number of nitrogens with one attached hydrogen (secondary N) is 1. The highest BCUT2D eigenvalue weighted by Gasteiger charge is 2.36. The topological polar surface area (TPSA) is 28.4 Å². The van der Waals surface area contributed by atoms with Crippen molar-refractivity contribution in [2.24, 2.45) is 11.8 Å². The van der Waals surface area contributed by atoms with Gasteiger partial charge in [0.15, 0.2) is 0 Å². The second-order valence-electron chi connectivity index (χ2n) is 7.36. The molecule has 1 aromatic rings. The monoisotopic (exact) mass is 290 g/mol. The maximum atomic E-state index is 6.09. The van der Waals surface area contributed by atoms with Gasteiger partial charge < -0.3 is 9.73 Å². The Kier molecular flexibility index (Phi) is 4.70. The molecule has 3 nitrogen and oxygen atoms in total. The first-order chi connectivity index (χ1) is 10.1. The number of furan rings is 1. The first-order valence-electron chi connectivity index (χ1n) is 8.67. The lowest BCUT2D eigenvalue weighted by Gasteiger charge is -2.32. The van der Waals surface area contributed by atoms with E-state index in [2.05, 4.69) is 43.1 Å². The van der Waals surface area contributed by atoms with E-state index < -0.39 is 0 Å². The fourth-order valence-electron chi connectivity index (χ4n) is 3.47. The van der Waals surface area contributed by atoms with E-state index in [1.54, 1.807) is 0 Å². The average Bonchev–Trinajstić information content (AvgIpc) is 3.02. The number of piperidine rings is 1. The minimum atomic E-state index is 0.570. The second kappa shape index (κ2) is 6.53. The van der Waals surface area contributed by atoms with Crippen molar-refractivity contribution in [3.8, 4) is 0 Å². The zero-order valence-corrected chi connectivity index (χ0v) is 13.8. The molecule has 118 valence electrons. The molecule has 1 saturated carbocycles. The molecular formula is C18H30N2O. The molecule has 1 aromatic heterocycles. The molecule has 0 amide bonds. The van der Waals surface area contributed by atoms with Gasteiger partial charge in [-0.2, -0.15) is 0 Å². The lowest BCUT2D eigenvalue weighted by atomic mass is 9.98. The number of nitrogens with zero attached hydrogens (tertiary/aromatic N) is 1. The van der Waals surface area contributed by atoms with E-state index in [0.29, 0.717) is 12.0 Å². The molecule has 1 aliphatic heterocycles. The molecule has 1 N–H and O–H groups in total. The van der Waals surface area contributed by atoms with E-state index >= 15 is 0 Å². The molecule has 0 radical (unpaired) electrons. The van der Waals surface area contributed by atoms with Gasteiger partial charge in [-0.3, -0.25) is 4.90 Å². The van der Waals surface area contributed by atoms with Gasteiger partial charge >= 0.3 is 0 Å². The van der Waals surface area contributed by atoms with Crippen molar-refractivity contribution in [3.63, 3.8) is 0 Å². The van der Waals surface area contributed by atoms with Crippen LogP contribution in [0.1, 0.15) is 57.5 Å². The molecule has 0 spiro atoms. The highest BCUT2D eigenvalue weighted by Crippen LogP contribution is 2.47. The fraction of sp³-hybridized carbons (Fsp3) is 0.778. The Labute approximate surface area is 129 Å². The molecule has 3 unspecified atom stereocenters. The minimum Gasteiger partial charge on any atom is -0.464 e. The van der Waals surface area contributed by atoms with Gasteiger partial charge in [0.05, 0.1) is 6.54 Å². The zero-order chi connectivity index (χ0) is 14.8. The summed E-state index contributed by atoms with van der Waals surface area (Å²) in [7, 11) is 0. The third-order valence-corrected chi connectivity index (χ3v) is 5.14. The SMILES string of the molecule is CC1CC1c1ccc(CN(CC2CCCNC2)C(C)C)o1. The van der Waals surface area contributed by atoms with E-state index in [4.69, 9.17) is 4.42 Å². The minimum absolute atomic E-state index is 0.570. The fourth-order valence-corrected chi connectivity index (χ4v) is 3.47. The lowest BCUT2D eigenvalue weighted by molar-refractivity contribution is 0.152. The van der Waals surface area contributed by atoms with Crippen molar-refractivity contribution in [1.82, 2.24) is 10.2 Å². The van der Waals surface area contributed by atoms with Crippen LogP contribution in [0.25, 0.3) is 0 Å². The van der Waals surface area contributed by atoms with Gasteiger partial charge in [0.25, 0.3) is 0 Å². The molecule has 0 bridgehead atoms. The van der Waals surface area contributed by atoms with Crippen LogP contribution in [-0.2, 0) is 6.54 Å². The van der Waals surface area contributed by atoms with Gasteiger partial charge in [0.1, 0.15) is 11.5 Å². The Hall–Kier alpha value is -0.800. The standard InChI is InChI=1S/C18H30N2O/c1-13(2)20(11-15-5-4-8-19-10-15)12-16-6-7-18(21-16)17-9-14(17)3/h6-7,13-15,17,19H,4-5,8-12H2,1-3H3. The van der Waals surface area contributed by atoms with Gasteiger partial charge in [-0.1, -0.05) is 6.92 Å². The van der Waals surface area contributed by atoms with Crippen LogP contribution in [0.15, 0.2) is 16.5 Å². The Balaban J connectivity index is 1.57. The second-order valence-corrected chi connectivity index (χ2v) is 7.36. The number of hydrogen-bond donors (Lipinski definition) is 1. The average molecular weight is 290 g/mol.